The van der Waals surface area contributed by atoms with Gasteiger partial charge in [-0.2, -0.15) is 4.98 Å². The van der Waals surface area contributed by atoms with Crippen molar-refractivity contribution in [3.05, 3.63) is 45.2 Å². The monoisotopic (exact) mass is 358 g/mol. The highest BCUT2D eigenvalue weighted by atomic mass is 79.9. The van der Waals surface area contributed by atoms with Crippen LogP contribution in [-0.2, 0) is 0 Å². The van der Waals surface area contributed by atoms with Crippen LogP contribution in [0.2, 0.25) is 5.28 Å². The van der Waals surface area contributed by atoms with E-state index in [2.05, 4.69) is 25.9 Å². The number of nitrogens with zero attached hydrogens (tertiary/aromatic N) is 2. The van der Waals surface area contributed by atoms with Crippen LogP contribution in [0.5, 0.6) is 11.6 Å². The number of aromatic nitrogens is 2. The molecule has 96 valence electrons. The van der Waals surface area contributed by atoms with Crippen LogP contribution in [0.25, 0.3) is 10.2 Å². The van der Waals surface area contributed by atoms with Gasteiger partial charge in [0.2, 0.25) is 11.2 Å². The molecule has 19 heavy (non-hydrogen) atoms. The molecule has 3 rings (SSSR count). The van der Waals surface area contributed by atoms with Gasteiger partial charge in [0.05, 0.1) is 9.86 Å². The number of thiophene rings is 1. The Bertz CT molecular complexity index is 765. The normalized spacial score (nSPS) is 10.9. The van der Waals surface area contributed by atoms with Crippen LogP contribution in [0.1, 0.15) is 0 Å². The average molecular weight is 360 g/mol. The predicted molar refractivity (Wildman–Crippen MR) is 76.6 cm³/mol. The molecule has 0 N–H and O–H groups in total. The highest BCUT2D eigenvalue weighted by Gasteiger charge is 2.11. The molecule has 0 bridgehead atoms. The van der Waals surface area contributed by atoms with E-state index in [9.17, 15) is 4.39 Å². The van der Waals surface area contributed by atoms with Gasteiger partial charge in [0.1, 0.15) is 16.4 Å². The molecule has 0 radical (unpaired) electrons. The van der Waals surface area contributed by atoms with Crippen LogP contribution in [0, 0.1) is 5.82 Å². The number of ether oxygens (including phenoxy) is 1. The minimum absolute atomic E-state index is 0.117. The zero-order valence-electron chi connectivity index (χ0n) is 9.23. The van der Waals surface area contributed by atoms with Gasteiger partial charge < -0.3 is 4.74 Å². The van der Waals surface area contributed by atoms with E-state index in [1.165, 1.54) is 29.5 Å². The van der Waals surface area contributed by atoms with Crippen molar-refractivity contribution < 1.29 is 9.13 Å². The first-order valence-electron chi connectivity index (χ1n) is 5.17. The van der Waals surface area contributed by atoms with Crippen LogP contribution in [0.3, 0.4) is 0 Å². The van der Waals surface area contributed by atoms with E-state index in [0.29, 0.717) is 16.1 Å². The van der Waals surface area contributed by atoms with E-state index in [1.807, 2.05) is 11.4 Å². The van der Waals surface area contributed by atoms with Crippen molar-refractivity contribution in [2.45, 2.75) is 0 Å². The van der Waals surface area contributed by atoms with E-state index < -0.39 is 0 Å². The number of halogens is 3. The second kappa shape index (κ2) is 5.03. The molecular weight excluding hydrogens is 355 g/mol. The second-order valence-electron chi connectivity index (χ2n) is 3.62. The van der Waals surface area contributed by atoms with Crippen LogP contribution in [-0.4, -0.2) is 9.97 Å². The highest BCUT2D eigenvalue weighted by molar-refractivity contribution is 9.10. The topological polar surface area (TPSA) is 35.0 Å². The molecule has 3 nitrogen and oxygen atoms in total. The summed E-state index contributed by atoms with van der Waals surface area (Å²) in [4.78, 5) is 8.89. The molecule has 0 spiro atoms. The van der Waals surface area contributed by atoms with E-state index in [0.717, 1.165) is 10.2 Å². The quantitative estimate of drug-likeness (QED) is 0.601. The van der Waals surface area contributed by atoms with Gasteiger partial charge in [0.15, 0.2) is 0 Å². The third-order valence-corrected chi connectivity index (χ3v) is 3.95. The highest BCUT2D eigenvalue weighted by Crippen LogP contribution is 2.32. The predicted octanol–water partition coefficient (Wildman–Crippen LogP) is 5.04. The van der Waals surface area contributed by atoms with Crippen molar-refractivity contribution >= 4 is 49.1 Å². The zero-order valence-corrected chi connectivity index (χ0v) is 12.4. The molecule has 0 amide bonds. The van der Waals surface area contributed by atoms with Crippen LogP contribution >= 0.6 is 38.9 Å². The maximum atomic E-state index is 13.2. The summed E-state index contributed by atoms with van der Waals surface area (Å²) in [6.45, 7) is 0. The van der Waals surface area contributed by atoms with Gasteiger partial charge in [0.25, 0.3) is 0 Å². The fraction of sp³-hybridized carbons (Fsp3) is 0. The molecule has 0 aliphatic carbocycles. The Morgan fingerprint density at radius 1 is 1.26 bits per heavy atom. The van der Waals surface area contributed by atoms with Gasteiger partial charge in [0, 0.05) is 0 Å². The first kappa shape index (κ1) is 12.8. The van der Waals surface area contributed by atoms with Crippen molar-refractivity contribution in [1.29, 1.82) is 0 Å². The summed E-state index contributed by atoms with van der Waals surface area (Å²) >= 11 is 10.4. The Balaban J connectivity index is 2.04. The molecule has 7 heteroatoms. The fourth-order valence-corrected chi connectivity index (χ4v) is 2.86. The molecule has 0 aliphatic rings. The van der Waals surface area contributed by atoms with Crippen LogP contribution in [0.15, 0.2) is 34.1 Å². The van der Waals surface area contributed by atoms with Crippen LogP contribution < -0.4 is 4.74 Å². The third-order valence-electron chi connectivity index (χ3n) is 2.37. The first-order valence-corrected chi connectivity index (χ1v) is 7.22. The third kappa shape index (κ3) is 2.56. The molecule has 3 aromatic rings. The largest absolute Gasteiger partial charge is 0.438 e. The lowest BCUT2D eigenvalue weighted by Crippen LogP contribution is -1.91. The van der Waals surface area contributed by atoms with E-state index in [1.54, 1.807) is 0 Å². The van der Waals surface area contributed by atoms with Crippen LogP contribution in [0.4, 0.5) is 4.39 Å². The molecule has 1 aromatic carbocycles. The number of benzene rings is 1. The van der Waals surface area contributed by atoms with Crippen molar-refractivity contribution in [1.82, 2.24) is 9.97 Å². The van der Waals surface area contributed by atoms with Gasteiger partial charge in [-0.25, -0.2) is 9.37 Å². The molecule has 0 atom stereocenters. The van der Waals surface area contributed by atoms with Gasteiger partial charge in [-0.1, -0.05) is 0 Å². The Morgan fingerprint density at radius 3 is 2.89 bits per heavy atom. The molecule has 0 saturated carbocycles. The number of hydrogen-bond acceptors (Lipinski definition) is 4. The van der Waals surface area contributed by atoms with E-state index >= 15 is 0 Å². The van der Waals surface area contributed by atoms with Gasteiger partial charge >= 0.3 is 0 Å². The Morgan fingerprint density at radius 2 is 2.11 bits per heavy atom. The van der Waals surface area contributed by atoms with E-state index in [4.69, 9.17) is 16.3 Å². The van der Waals surface area contributed by atoms with E-state index in [-0.39, 0.29) is 11.1 Å². The lowest BCUT2D eigenvalue weighted by Gasteiger charge is -2.06. The first-order chi connectivity index (χ1) is 9.13. The SMILES string of the molecule is Fc1ccc(Oc2nc(Cl)nc3sccc23)cc1Br. The minimum Gasteiger partial charge on any atom is -0.438 e. The molecule has 2 heterocycles. The Hall–Kier alpha value is -1.24. The zero-order chi connectivity index (χ0) is 13.4. The van der Waals surface area contributed by atoms with Gasteiger partial charge in [-0.3, -0.25) is 0 Å². The lowest BCUT2D eigenvalue weighted by molar-refractivity contribution is 0.466. The summed E-state index contributed by atoms with van der Waals surface area (Å²) in [5.74, 6) is 0.471. The smallest absolute Gasteiger partial charge is 0.232 e. The second-order valence-corrected chi connectivity index (χ2v) is 5.70. The fourth-order valence-electron chi connectivity index (χ4n) is 1.53. The van der Waals surface area contributed by atoms with Crippen molar-refractivity contribution in [2.24, 2.45) is 0 Å². The maximum Gasteiger partial charge on any atom is 0.232 e. The number of fused-ring (bicyclic) bond motifs is 1. The van der Waals surface area contributed by atoms with Crippen molar-refractivity contribution in [2.75, 3.05) is 0 Å². The average Bonchev–Trinajstić information content (AvgIpc) is 2.82. The molecule has 0 saturated heterocycles. The number of rotatable bonds is 2. The van der Waals surface area contributed by atoms with Gasteiger partial charge in [-0.05, 0) is 57.2 Å². The summed E-state index contributed by atoms with van der Waals surface area (Å²) < 4.78 is 19.1. The maximum absolute atomic E-state index is 13.2. The Labute approximate surface area is 125 Å². The standard InChI is InChI=1S/C12H5BrClFN2OS/c13-8-5-6(1-2-9(8)15)18-10-7-3-4-19-11(7)17-12(14)16-10/h1-5H. The van der Waals surface area contributed by atoms with Gasteiger partial charge in [-0.15, -0.1) is 11.3 Å². The summed E-state index contributed by atoms with van der Waals surface area (Å²) in [7, 11) is 0. The summed E-state index contributed by atoms with van der Waals surface area (Å²) in [6, 6.07) is 6.22. The molecule has 0 fully saturated rings. The molecule has 2 aromatic heterocycles. The Kier molecular flexibility index (Phi) is 3.38. The number of hydrogen-bond donors (Lipinski definition) is 0. The van der Waals surface area contributed by atoms with Crippen molar-refractivity contribution in [3.63, 3.8) is 0 Å². The summed E-state index contributed by atoms with van der Waals surface area (Å²) in [5, 5.41) is 2.77. The molecular formula is C12H5BrClFN2OS. The summed E-state index contributed by atoms with van der Waals surface area (Å²) in [5.41, 5.74) is 0. The molecule has 0 aliphatic heterocycles. The minimum atomic E-state index is -0.353. The van der Waals surface area contributed by atoms with Crippen molar-refractivity contribution in [3.8, 4) is 11.6 Å². The lowest BCUT2D eigenvalue weighted by atomic mass is 10.3. The molecule has 0 unspecified atom stereocenters. The summed E-state index contributed by atoms with van der Waals surface area (Å²) in [6.07, 6.45) is 0.